The molecule has 0 bridgehead atoms. The summed E-state index contributed by atoms with van der Waals surface area (Å²) in [7, 11) is 0. The van der Waals surface area contributed by atoms with Crippen LogP contribution in [0.25, 0.3) is 11.1 Å². The van der Waals surface area contributed by atoms with Crippen molar-refractivity contribution in [1.29, 1.82) is 0 Å². The number of benzene rings is 3. The van der Waals surface area contributed by atoms with E-state index in [0.29, 0.717) is 11.3 Å². The van der Waals surface area contributed by atoms with Gasteiger partial charge in [0.25, 0.3) is 5.91 Å². The van der Waals surface area contributed by atoms with E-state index >= 15 is 0 Å². The van der Waals surface area contributed by atoms with Crippen molar-refractivity contribution in [3.8, 4) is 11.1 Å². The number of amides is 3. The summed E-state index contributed by atoms with van der Waals surface area (Å²) in [6.07, 6.45) is 3.33. The lowest BCUT2D eigenvalue weighted by atomic mass is 10.0. The molecule has 0 saturated heterocycles. The van der Waals surface area contributed by atoms with E-state index in [1.165, 1.54) is 5.56 Å². The number of carboxylic acids is 1. The number of hydrogen-bond donors (Lipinski definition) is 4. The van der Waals surface area contributed by atoms with Gasteiger partial charge in [0.2, 0.25) is 0 Å². The average Bonchev–Trinajstić information content (AvgIpc) is 2.87. The van der Waals surface area contributed by atoms with E-state index < -0.39 is 17.9 Å². The van der Waals surface area contributed by atoms with Crippen LogP contribution in [0.4, 0.5) is 16.2 Å². The number of aryl methyl sites for hydroxylation is 1. The number of nitrogens with one attached hydrogen (secondary N) is 3. The molecule has 1 atom stereocenters. The fourth-order valence-electron chi connectivity index (χ4n) is 3.73. The highest BCUT2D eigenvalue weighted by atomic mass is 16.4. The highest BCUT2D eigenvalue weighted by Gasteiger charge is 2.23. The van der Waals surface area contributed by atoms with Crippen LogP contribution in [0.5, 0.6) is 0 Å². The third kappa shape index (κ3) is 7.43. The Labute approximate surface area is 211 Å². The van der Waals surface area contributed by atoms with Crippen LogP contribution >= 0.6 is 0 Å². The Balaban J connectivity index is 1.56. The number of anilines is 2. The molecule has 0 unspecified atom stereocenters. The van der Waals surface area contributed by atoms with Crippen LogP contribution in [0, 0.1) is 5.92 Å². The summed E-state index contributed by atoms with van der Waals surface area (Å²) < 4.78 is 0. The molecule has 0 saturated carbocycles. The van der Waals surface area contributed by atoms with Crippen LogP contribution in [-0.2, 0) is 11.2 Å². The number of carboxylic acid groups (broad SMARTS) is 1. The van der Waals surface area contributed by atoms with Crippen LogP contribution < -0.4 is 16.0 Å². The number of carbonyl (C=O) groups is 3. The Kier molecular flexibility index (Phi) is 9.22. The summed E-state index contributed by atoms with van der Waals surface area (Å²) in [5.41, 5.74) is 4.84. The second kappa shape index (κ2) is 12.5. The van der Waals surface area contributed by atoms with E-state index in [1.54, 1.807) is 38.1 Å². The third-order valence-corrected chi connectivity index (χ3v) is 5.87. The third-order valence-electron chi connectivity index (χ3n) is 5.87. The van der Waals surface area contributed by atoms with Gasteiger partial charge in [0.1, 0.15) is 6.04 Å². The topological polar surface area (TPSA) is 108 Å². The molecule has 0 fully saturated rings. The lowest BCUT2D eigenvalue weighted by Crippen LogP contribution is -2.44. The molecule has 0 aromatic heterocycles. The Hall–Kier alpha value is -4.13. The molecule has 3 aromatic rings. The maximum atomic E-state index is 12.4. The van der Waals surface area contributed by atoms with Gasteiger partial charge in [0.05, 0.1) is 0 Å². The van der Waals surface area contributed by atoms with Gasteiger partial charge in [-0.1, -0.05) is 63.6 Å². The Morgan fingerprint density at radius 2 is 1.28 bits per heavy atom. The van der Waals surface area contributed by atoms with Crippen molar-refractivity contribution < 1.29 is 19.5 Å². The summed E-state index contributed by atoms with van der Waals surface area (Å²) in [5, 5.41) is 17.5. The summed E-state index contributed by atoms with van der Waals surface area (Å²) in [4.78, 5) is 36.1. The fraction of sp³-hybridized carbons (Fsp3) is 0.276. The van der Waals surface area contributed by atoms with Gasteiger partial charge < -0.3 is 21.1 Å². The molecule has 36 heavy (non-hydrogen) atoms. The maximum Gasteiger partial charge on any atom is 0.326 e. The second-order valence-electron chi connectivity index (χ2n) is 9.07. The summed E-state index contributed by atoms with van der Waals surface area (Å²) >= 11 is 0. The number of urea groups is 1. The molecule has 4 N–H and O–H groups in total. The number of aliphatic carboxylic acids is 1. The molecule has 7 nitrogen and oxygen atoms in total. The van der Waals surface area contributed by atoms with E-state index in [4.69, 9.17) is 0 Å². The van der Waals surface area contributed by atoms with E-state index in [9.17, 15) is 19.5 Å². The van der Waals surface area contributed by atoms with Crippen LogP contribution in [0.15, 0.2) is 72.8 Å². The SMILES string of the molecule is CCCCc1ccc(NC(=O)Nc2ccc(-c3ccc(C(=O)N[C@H](C(=O)O)C(C)C)cc3)cc2)cc1. The standard InChI is InChI=1S/C29H33N3O4/c1-4-5-6-20-7-15-24(16-8-20)30-29(36)31-25-17-13-22(14-18-25)21-9-11-23(12-10-21)27(33)32-26(19(2)3)28(34)35/h7-19,26H,4-6H2,1-3H3,(H,32,33)(H,34,35)(H2,30,31,36)/t26-/m0/s1. The minimum absolute atomic E-state index is 0.226. The van der Waals surface area contributed by atoms with Crippen molar-refractivity contribution in [2.24, 2.45) is 5.92 Å². The predicted molar refractivity (Wildman–Crippen MR) is 143 cm³/mol. The second-order valence-corrected chi connectivity index (χ2v) is 9.07. The van der Waals surface area contributed by atoms with Crippen molar-refractivity contribution in [2.45, 2.75) is 46.1 Å². The van der Waals surface area contributed by atoms with Gasteiger partial charge in [-0.15, -0.1) is 0 Å². The lowest BCUT2D eigenvalue weighted by Gasteiger charge is -2.18. The first-order valence-electron chi connectivity index (χ1n) is 12.2. The van der Waals surface area contributed by atoms with Crippen LogP contribution in [0.2, 0.25) is 0 Å². The van der Waals surface area contributed by atoms with Gasteiger partial charge in [-0.25, -0.2) is 9.59 Å². The molecular formula is C29H33N3O4. The Bertz CT molecular complexity index is 1170. The number of unbranched alkanes of at least 4 members (excludes halogenated alkanes) is 1. The normalized spacial score (nSPS) is 11.6. The molecule has 0 aliphatic carbocycles. The van der Waals surface area contributed by atoms with E-state index in [2.05, 4.69) is 22.9 Å². The molecule has 0 aliphatic rings. The van der Waals surface area contributed by atoms with Gasteiger partial charge in [0.15, 0.2) is 0 Å². The minimum Gasteiger partial charge on any atom is -0.480 e. The largest absolute Gasteiger partial charge is 0.480 e. The van der Waals surface area contributed by atoms with Crippen LogP contribution in [0.1, 0.15) is 49.5 Å². The number of rotatable bonds is 10. The molecule has 0 radical (unpaired) electrons. The van der Waals surface area contributed by atoms with E-state index in [1.807, 2.05) is 48.5 Å². The van der Waals surface area contributed by atoms with Crippen molar-refractivity contribution in [3.63, 3.8) is 0 Å². The maximum absolute atomic E-state index is 12.4. The van der Waals surface area contributed by atoms with Crippen molar-refractivity contribution >= 4 is 29.3 Å². The summed E-state index contributed by atoms with van der Waals surface area (Å²) in [6, 6.07) is 20.9. The van der Waals surface area contributed by atoms with Gasteiger partial charge in [-0.3, -0.25) is 4.79 Å². The number of carbonyl (C=O) groups excluding carboxylic acids is 2. The van der Waals surface area contributed by atoms with Gasteiger partial charge in [-0.2, -0.15) is 0 Å². The van der Waals surface area contributed by atoms with Crippen LogP contribution in [0.3, 0.4) is 0 Å². The smallest absolute Gasteiger partial charge is 0.326 e. The average molecular weight is 488 g/mol. The van der Waals surface area contributed by atoms with Gasteiger partial charge in [0, 0.05) is 16.9 Å². The van der Waals surface area contributed by atoms with Crippen molar-refractivity contribution in [1.82, 2.24) is 5.32 Å². The van der Waals surface area contributed by atoms with Crippen molar-refractivity contribution in [2.75, 3.05) is 10.6 Å². The predicted octanol–water partition coefficient (Wildman–Crippen LogP) is 6.18. The molecule has 7 heteroatoms. The molecular weight excluding hydrogens is 454 g/mol. The first-order chi connectivity index (χ1) is 17.3. The highest BCUT2D eigenvalue weighted by molar-refractivity contribution is 6.00. The van der Waals surface area contributed by atoms with E-state index in [0.717, 1.165) is 36.1 Å². The zero-order valence-electron chi connectivity index (χ0n) is 20.9. The van der Waals surface area contributed by atoms with Crippen LogP contribution in [-0.4, -0.2) is 29.1 Å². The van der Waals surface area contributed by atoms with Crippen molar-refractivity contribution in [3.05, 3.63) is 83.9 Å². The lowest BCUT2D eigenvalue weighted by molar-refractivity contribution is -0.140. The molecule has 188 valence electrons. The van der Waals surface area contributed by atoms with Gasteiger partial charge in [-0.05, 0) is 71.8 Å². The first kappa shape index (κ1) is 26.5. The van der Waals surface area contributed by atoms with E-state index in [-0.39, 0.29) is 11.9 Å². The monoisotopic (exact) mass is 487 g/mol. The molecule has 0 heterocycles. The molecule has 3 rings (SSSR count). The first-order valence-corrected chi connectivity index (χ1v) is 12.2. The van der Waals surface area contributed by atoms with Gasteiger partial charge >= 0.3 is 12.0 Å². The number of hydrogen-bond acceptors (Lipinski definition) is 3. The molecule has 3 amide bonds. The summed E-state index contributed by atoms with van der Waals surface area (Å²) in [6.45, 7) is 5.66. The zero-order chi connectivity index (χ0) is 26.1. The fourth-order valence-corrected chi connectivity index (χ4v) is 3.73. The Morgan fingerprint density at radius 1 is 0.778 bits per heavy atom. The highest BCUT2D eigenvalue weighted by Crippen LogP contribution is 2.22. The zero-order valence-corrected chi connectivity index (χ0v) is 20.9. The molecule has 0 aliphatic heterocycles. The summed E-state index contributed by atoms with van der Waals surface area (Å²) in [5.74, 6) is -1.71. The molecule has 0 spiro atoms. The minimum atomic E-state index is -1.06. The Morgan fingerprint density at radius 3 is 1.75 bits per heavy atom. The quantitative estimate of drug-likeness (QED) is 0.274. The molecule has 3 aromatic carbocycles.